The van der Waals surface area contributed by atoms with E-state index in [2.05, 4.69) is 5.32 Å². The van der Waals surface area contributed by atoms with Crippen molar-refractivity contribution in [1.82, 2.24) is 10.2 Å². The minimum atomic E-state index is -4.65. The van der Waals surface area contributed by atoms with E-state index in [1.54, 1.807) is 24.3 Å². The third kappa shape index (κ3) is 10.3. The maximum Gasteiger partial charge on any atom is 0.416 e. The number of sulfonamides is 1. The van der Waals surface area contributed by atoms with Gasteiger partial charge in [0, 0.05) is 37.0 Å². The Bertz CT molecular complexity index is 1500. The molecule has 3 aromatic rings. The molecule has 0 saturated carbocycles. The van der Waals surface area contributed by atoms with Crippen molar-refractivity contribution in [2.45, 2.75) is 64.3 Å². The van der Waals surface area contributed by atoms with Gasteiger partial charge in [0.25, 0.3) is 0 Å². The summed E-state index contributed by atoms with van der Waals surface area (Å²) in [6.45, 7) is 3.66. The largest absolute Gasteiger partial charge is 0.416 e. The van der Waals surface area contributed by atoms with Crippen LogP contribution in [0.3, 0.4) is 0 Å². The Kier molecular flexibility index (Phi) is 12.2. The van der Waals surface area contributed by atoms with Crippen molar-refractivity contribution in [1.29, 1.82) is 0 Å². The van der Waals surface area contributed by atoms with Crippen LogP contribution in [0.15, 0.2) is 78.9 Å². The average molecular weight is 652 g/mol. The molecule has 238 valence electrons. The van der Waals surface area contributed by atoms with Gasteiger partial charge in [-0.3, -0.25) is 13.9 Å². The normalized spacial score (nSPS) is 13.2. The molecule has 0 saturated heterocycles. The van der Waals surface area contributed by atoms with Crippen LogP contribution in [0.25, 0.3) is 0 Å². The van der Waals surface area contributed by atoms with Crippen LogP contribution in [0.2, 0.25) is 5.02 Å². The lowest BCUT2D eigenvalue weighted by molar-refractivity contribution is -0.141. The molecule has 0 bridgehead atoms. The fourth-order valence-electron chi connectivity index (χ4n) is 4.62. The standard InChI is InChI=1S/C32H37ClF3N3O4S/c1-4-23(2)37-31(41)29(20-24-10-6-5-7-11-24)38(22-25-15-17-27(33)18-16-25)30(40)14-9-19-39(44(3,42)43)28-13-8-12-26(21-28)32(34,35)36/h5-8,10-13,15-18,21,23,29H,4,9,14,19-20,22H2,1-3H3,(H,37,41). The van der Waals surface area contributed by atoms with Crippen molar-refractivity contribution in [2.24, 2.45) is 0 Å². The number of carbonyl (C=O) groups excluding carboxylic acids is 2. The van der Waals surface area contributed by atoms with Gasteiger partial charge in [-0.25, -0.2) is 8.42 Å². The van der Waals surface area contributed by atoms with Gasteiger partial charge in [0.15, 0.2) is 0 Å². The molecule has 1 N–H and O–H groups in total. The van der Waals surface area contributed by atoms with E-state index in [0.29, 0.717) is 11.4 Å². The fourth-order valence-corrected chi connectivity index (χ4v) is 5.71. The Morgan fingerprint density at radius 2 is 1.61 bits per heavy atom. The van der Waals surface area contributed by atoms with Crippen molar-refractivity contribution < 1.29 is 31.2 Å². The summed E-state index contributed by atoms with van der Waals surface area (Å²) >= 11 is 6.06. The first-order chi connectivity index (χ1) is 20.7. The highest BCUT2D eigenvalue weighted by Gasteiger charge is 2.33. The van der Waals surface area contributed by atoms with E-state index in [1.165, 1.54) is 11.0 Å². The number of hydrogen-bond acceptors (Lipinski definition) is 4. The first kappa shape index (κ1) is 34.9. The Labute approximate surface area is 262 Å². The topological polar surface area (TPSA) is 86.8 Å². The molecule has 12 heteroatoms. The zero-order valence-corrected chi connectivity index (χ0v) is 26.4. The highest BCUT2D eigenvalue weighted by Crippen LogP contribution is 2.32. The molecule has 3 aromatic carbocycles. The molecule has 0 aliphatic carbocycles. The number of alkyl halides is 3. The maximum absolute atomic E-state index is 13.9. The summed E-state index contributed by atoms with van der Waals surface area (Å²) in [4.78, 5) is 29.0. The number of halogens is 4. The van der Waals surface area contributed by atoms with Crippen molar-refractivity contribution in [3.8, 4) is 0 Å². The van der Waals surface area contributed by atoms with E-state index < -0.39 is 33.7 Å². The highest BCUT2D eigenvalue weighted by atomic mass is 35.5. The SMILES string of the molecule is CCC(C)NC(=O)C(Cc1ccccc1)N(Cc1ccc(Cl)cc1)C(=O)CCCN(c1cccc(C(F)(F)F)c1)S(C)(=O)=O. The van der Waals surface area contributed by atoms with Crippen molar-refractivity contribution in [3.63, 3.8) is 0 Å². The van der Waals surface area contributed by atoms with Gasteiger partial charge in [0.05, 0.1) is 17.5 Å². The van der Waals surface area contributed by atoms with E-state index in [0.717, 1.165) is 39.9 Å². The summed E-state index contributed by atoms with van der Waals surface area (Å²) in [5, 5.41) is 3.49. The molecule has 2 amide bonds. The zero-order chi connectivity index (χ0) is 32.5. The molecule has 0 aliphatic heterocycles. The lowest BCUT2D eigenvalue weighted by atomic mass is 10.0. The smallest absolute Gasteiger partial charge is 0.352 e. The molecule has 0 spiro atoms. The summed E-state index contributed by atoms with van der Waals surface area (Å²) in [6, 6.07) is 19.2. The number of benzene rings is 3. The van der Waals surface area contributed by atoms with Crippen LogP contribution in [0.1, 0.15) is 49.8 Å². The Balaban J connectivity index is 1.90. The van der Waals surface area contributed by atoms with E-state index in [9.17, 15) is 31.2 Å². The molecular weight excluding hydrogens is 615 g/mol. The summed E-state index contributed by atoms with van der Waals surface area (Å²) in [6.07, 6.45) is -2.98. The molecule has 2 atom stereocenters. The fraction of sp³-hybridized carbons (Fsp3) is 0.375. The maximum atomic E-state index is 13.9. The second-order valence-electron chi connectivity index (χ2n) is 10.7. The second kappa shape index (κ2) is 15.4. The van der Waals surface area contributed by atoms with Gasteiger partial charge < -0.3 is 10.2 Å². The molecule has 0 radical (unpaired) electrons. The minimum Gasteiger partial charge on any atom is -0.352 e. The third-order valence-electron chi connectivity index (χ3n) is 7.15. The molecule has 44 heavy (non-hydrogen) atoms. The highest BCUT2D eigenvalue weighted by molar-refractivity contribution is 7.92. The molecule has 2 unspecified atom stereocenters. The number of nitrogens with one attached hydrogen (secondary N) is 1. The molecule has 0 fully saturated rings. The van der Waals surface area contributed by atoms with E-state index in [1.807, 2.05) is 44.2 Å². The quantitative estimate of drug-likeness (QED) is 0.217. The Morgan fingerprint density at radius 1 is 0.955 bits per heavy atom. The van der Waals surface area contributed by atoms with Crippen LogP contribution in [0, 0.1) is 0 Å². The Morgan fingerprint density at radius 3 is 2.20 bits per heavy atom. The van der Waals surface area contributed by atoms with Gasteiger partial charge in [-0.2, -0.15) is 13.2 Å². The monoisotopic (exact) mass is 651 g/mol. The molecule has 0 heterocycles. The molecule has 7 nitrogen and oxygen atoms in total. The minimum absolute atomic E-state index is 0.00427. The number of rotatable bonds is 14. The molecule has 0 aromatic heterocycles. The summed E-state index contributed by atoms with van der Waals surface area (Å²) in [7, 11) is -3.97. The van der Waals surface area contributed by atoms with E-state index in [4.69, 9.17) is 11.6 Å². The number of anilines is 1. The predicted molar refractivity (Wildman–Crippen MR) is 167 cm³/mol. The van der Waals surface area contributed by atoms with Crippen molar-refractivity contribution in [2.75, 3.05) is 17.1 Å². The van der Waals surface area contributed by atoms with Crippen LogP contribution in [-0.2, 0) is 38.8 Å². The summed E-state index contributed by atoms with van der Waals surface area (Å²) < 4.78 is 66.0. The van der Waals surface area contributed by atoms with Crippen LogP contribution < -0.4 is 9.62 Å². The number of amides is 2. The van der Waals surface area contributed by atoms with Gasteiger partial charge in [-0.15, -0.1) is 0 Å². The first-order valence-corrected chi connectivity index (χ1v) is 16.4. The van der Waals surface area contributed by atoms with Gasteiger partial charge in [-0.05, 0) is 61.2 Å². The van der Waals surface area contributed by atoms with Gasteiger partial charge in [0.1, 0.15) is 6.04 Å². The zero-order valence-electron chi connectivity index (χ0n) is 24.9. The van der Waals surface area contributed by atoms with Crippen molar-refractivity contribution >= 4 is 39.1 Å². The third-order valence-corrected chi connectivity index (χ3v) is 8.60. The lowest BCUT2D eigenvalue weighted by Gasteiger charge is -2.32. The van der Waals surface area contributed by atoms with Crippen LogP contribution in [0.5, 0.6) is 0 Å². The Hall–Kier alpha value is -3.57. The second-order valence-corrected chi connectivity index (χ2v) is 13.0. The molecule has 3 rings (SSSR count). The predicted octanol–water partition coefficient (Wildman–Crippen LogP) is 6.46. The molecule has 0 aliphatic rings. The van der Waals surface area contributed by atoms with Crippen LogP contribution in [-0.4, -0.2) is 50.0 Å². The summed E-state index contributed by atoms with van der Waals surface area (Å²) in [5.74, 6) is -0.732. The first-order valence-electron chi connectivity index (χ1n) is 14.2. The number of hydrogen-bond donors (Lipinski definition) is 1. The van der Waals surface area contributed by atoms with Gasteiger partial charge in [-0.1, -0.05) is 67.1 Å². The van der Waals surface area contributed by atoms with E-state index >= 15 is 0 Å². The number of carbonyl (C=O) groups is 2. The van der Waals surface area contributed by atoms with E-state index in [-0.39, 0.29) is 50.0 Å². The average Bonchev–Trinajstić information content (AvgIpc) is 2.97. The van der Waals surface area contributed by atoms with Gasteiger partial charge in [0.2, 0.25) is 21.8 Å². The number of nitrogens with zero attached hydrogens (tertiary/aromatic N) is 2. The summed E-state index contributed by atoms with van der Waals surface area (Å²) in [5.41, 5.74) is 0.449. The van der Waals surface area contributed by atoms with Crippen molar-refractivity contribution in [3.05, 3.63) is 101 Å². The lowest BCUT2D eigenvalue weighted by Crippen LogP contribution is -2.52. The molecular formula is C32H37ClF3N3O4S. The van der Waals surface area contributed by atoms with Gasteiger partial charge >= 0.3 is 6.18 Å². The van der Waals surface area contributed by atoms with Crippen LogP contribution in [0.4, 0.5) is 18.9 Å². The van der Waals surface area contributed by atoms with Crippen LogP contribution >= 0.6 is 11.6 Å².